The zero-order chi connectivity index (χ0) is 14.0. The van der Waals surface area contributed by atoms with E-state index in [0.717, 1.165) is 6.42 Å². The molecule has 0 aliphatic heterocycles. The Labute approximate surface area is 109 Å². The largest absolute Gasteiger partial charge is 0.323 e. The molecule has 0 aliphatic carbocycles. The van der Waals surface area contributed by atoms with Gasteiger partial charge in [-0.05, 0) is 32.4 Å². The third-order valence-electron chi connectivity index (χ3n) is 3.40. The summed E-state index contributed by atoms with van der Waals surface area (Å²) in [5.41, 5.74) is 2.38. The Morgan fingerprint density at radius 1 is 1.33 bits per heavy atom. The maximum atomic E-state index is 12.5. The van der Waals surface area contributed by atoms with Crippen molar-refractivity contribution in [1.82, 2.24) is 4.31 Å². The van der Waals surface area contributed by atoms with Gasteiger partial charge in [-0.2, -0.15) is 4.31 Å². The van der Waals surface area contributed by atoms with Gasteiger partial charge in [0.2, 0.25) is 10.0 Å². The third kappa shape index (κ3) is 2.66. The molecule has 0 heterocycles. The lowest BCUT2D eigenvalue weighted by molar-refractivity contribution is 0.257. The van der Waals surface area contributed by atoms with Crippen LogP contribution in [-0.2, 0) is 10.0 Å². The van der Waals surface area contributed by atoms with Crippen molar-refractivity contribution >= 4 is 15.7 Å². The smallest absolute Gasteiger partial charge is 0.245 e. The number of rotatable bonds is 5. The average molecular weight is 271 g/mol. The minimum Gasteiger partial charge on any atom is -0.323 e. The summed E-state index contributed by atoms with van der Waals surface area (Å²) in [4.78, 5) is 0.191. The predicted molar refractivity (Wildman–Crippen MR) is 73.6 cm³/mol. The summed E-state index contributed by atoms with van der Waals surface area (Å²) < 4.78 is 26.5. The topological polar surface area (TPSA) is 75.4 Å². The number of nitrogen functional groups attached to an aromatic ring is 1. The Balaban J connectivity index is 3.30. The van der Waals surface area contributed by atoms with Gasteiger partial charge in [0.1, 0.15) is 4.90 Å². The molecule has 0 saturated heterocycles. The van der Waals surface area contributed by atoms with E-state index in [0.29, 0.717) is 5.69 Å². The Hall–Kier alpha value is -1.11. The summed E-state index contributed by atoms with van der Waals surface area (Å²) in [6, 6.07) is 6.60. The maximum Gasteiger partial charge on any atom is 0.245 e. The first-order chi connectivity index (χ1) is 8.27. The molecule has 1 aromatic carbocycles. The molecule has 0 aromatic heterocycles. The molecule has 0 unspecified atom stereocenters. The van der Waals surface area contributed by atoms with Gasteiger partial charge in [-0.1, -0.05) is 19.1 Å². The van der Waals surface area contributed by atoms with Crippen molar-refractivity contribution in [1.29, 1.82) is 0 Å². The van der Waals surface area contributed by atoms with Crippen LogP contribution < -0.4 is 11.3 Å². The zero-order valence-electron chi connectivity index (χ0n) is 11.3. The van der Waals surface area contributed by atoms with Gasteiger partial charge < -0.3 is 5.43 Å². The van der Waals surface area contributed by atoms with Gasteiger partial charge in [0.25, 0.3) is 0 Å². The summed E-state index contributed by atoms with van der Waals surface area (Å²) in [5, 5.41) is 0. The molecule has 5 nitrogen and oxygen atoms in total. The van der Waals surface area contributed by atoms with E-state index in [1.807, 2.05) is 20.8 Å². The number of hydrazine groups is 1. The van der Waals surface area contributed by atoms with Crippen LogP contribution in [0.3, 0.4) is 0 Å². The van der Waals surface area contributed by atoms with E-state index < -0.39 is 15.6 Å². The maximum absolute atomic E-state index is 12.5. The van der Waals surface area contributed by atoms with E-state index >= 15 is 0 Å². The van der Waals surface area contributed by atoms with Gasteiger partial charge in [0.15, 0.2) is 0 Å². The molecule has 3 N–H and O–H groups in total. The fraction of sp³-hybridized carbons (Fsp3) is 0.500. The Morgan fingerprint density at radius 3 is 2.39 bits per heavy atom. The fourth-order valence-electron chi connectivity index (χ4n) is 1.51. The van der Waals surface area contributed by atoms with Crippen LogP contribution in [0.4, 0.5) is 5.69 Å². The lowest BCUT2D eigenvalue weighted by Crippen LogP contribution is -2.44. The monoisotopic (exact) mass is 271 g/mol. The van der Waals surface area contributed by atoms with E-state index in [-0.39, 0.29) is 4.90 Å². The molecule has 102 valence electrons. The fourth-order valence-corrected chi connectivity index (χ4v) is 3.24. The number of sulfonamides is 1. The molecule has 0 saturated carbocycles. The summed E-state index contributed by atoms with van der Waals surface area (Å²) in [7, 11) is -1.97. The molecule has 0 amide bonds. The number of nitrogens with one attached hydrogen (secondary N) is 1. The highest BCUT2D eigenvalue weighted by Gasteiger charge is 2.33. The minimum atomic E-state index is -3.56. The van der Waals surface area contributed by atoms with Crippen molar-refractivity contribution in [3.8, 4) is 0 Å². The number of para-hydroxylation sites is 1. The lowest BCUT2D eigenvalue weighted by atomic mass is 10.0. The van der Waals surface area contributed by atoms with Crippen LogP contribution in [0.1, 0.15) is 27.2 Å². The molecule has 0 bridgehead atoms. The number of benzene rings is 1. The first-order valence-electron chi connectivity index (χ1n) is 5.82. The van der Waals surface area contributed by atoms with Gasteiger partial charge in [0.05, 0.1) is 5.69 Å². The summed E-state index contributed by atoms with van der Waals surface area (Å²) in [6.45, 7) is 5.74. The van der Waals surface area contributed by atoms with Crippen LogP contribution >= 0.6 is 0 Å². The molecule has 18 heavy (non-hydrogen) atoms. The zero-order valence-corrected chi connectivity index (χ0v) is 12.1. The average Bonchev–Trinajstić information content (AvgIpc) is 2.37. The molecular weight excluding hydrogens is 250 g/mol. The molecule has 0 fully saturated rings. The molecule has 6 heteroatoms. The van der Waals surface area contributed by atoms with Crippen molar-refractivity contribution in [3.63, 3.8) is 0 Å². The molecule has 0 aliphatic rings. The van der Waals surface area contributed by atoms with Gasteiger partial charge in [-0.15, -0.1) is 0 Å². The number of anilines is 1. The normalized spacial score (nSPS) is 12.8. The predicted octanol–water partition coefficient (Wildman–Crippen LogP) is 1.78. The number of nitrogens with zero attached hydrogens (tertiary/aromatic N) is 1. The molecule has 0 atom stereocenters. The quantitative estimate of drug-likeness (QED) is 0.632. The van der Waals surface area contributed by atoms with Crippen LogP contribution in [0, 0.1) is 0 Å². The lowest BCUT2D eigenvalue weighted by Gasteiger charge is -2.34. The van der Waals surface area contributed by atoms with Crippen molar-refractivity contribution in [3.05, 3.63) is 24.3 Å². The van der Waals surface area contributed by atoms with E-state index in [1.165, 1.54) is 4.31 Å². The van der Waals surface area contributed by atoms with Gasteiger partial charge in [-0.3, -0.25) is 5.84 Å². The van der Waals surface area contributed by atoms with Crippen LogP contribution in [-0.4, -0.2) is 25.3 Å². The first kappa shape index (κ1) is 14.9. The third-order valence-corrected chi connectivity index (χ3v) is 5.53. The molecular formula is C12H21N3O2S. The Kier molecular flexibility index (Phi) is 4.37. The van der Waals surface area contributed by atoms with Crippen molar-refractivity contribution in [2.24, 2.45) is 5.84 Å². The van der Waals surface area contributed by atoms with Crippen molar-refractivity contribution in [2.45, 2.75) is 37.6 Å². The highest BCUT2D eigenvalue weighted by molar-refractivity contribution is 7.89. The van der Waals surface area contributed by atoms with Crippen LogP contribution in [0.25, 0.3) is 0 Å². The summed E-state index contributed by atoms with van der Waals surface area (Å²) in [5.74, 6) is 5.36. The SMILES string of the molecule is CCC(C)(C)N(C)S(=O)(=O)c1ccccc1NN. The van der Waals surface area contributed by atoms with Crippen LogP contribution in [0.15, 0.2) is 29.2 Å². The second kappa shape index (κ2) is 5.26. The van der Waals surface area contributed by atoms with E-state index in [9.17, 15) is 8.42 Å². The highest BCUT2D eigenvalue weighted by Crippen LogP contribution is 2.28. The van der Waals surface area contributed by atoms with Crippen molar-refractivity contribution in [2.75, 3.05) is 12.5 Å². The van der Waals surface area contributed by atoms with Gasteiger partial charge >= 0.3 is 0 Å². The van der Waals surface area contributed by atoms with E-state index in [2.05, 4.69) is 5.43 Å². The molecule has 0 spiro atoms. The second-order valence-corrected chi connectivity index (χ2v) is 6.72. The second-order valence-electron chi connectivity index (χ2n) is 4.78. The number of hydrogen-bond donors (Lipinski definition) is 2. The summed E-state index contributed by atoms with van der Waals surface area (Å²) >= 11 is 0. The standard InChI is InChI=1S/C12H21N3O2S/c1-5-12(2,3)15(4)18(16,17)11-9-7-6-8-10(11)14-13/h6-9,14H,5,13H2,1-4H3. The molecule has 1 rings (SSSR count). The number of nitrogens with two attached hydrogens (primary N) is 1. The Morgan fingerprint density at radius 2 is 1.89 bits per heavy atom. The first-order valence-corrected chi connectivity index (χ1v) is 7.26. The van der Waals surface area contributed by atoms with Crippen LogP contribution in [0.5, 0.6) is 0 Å². The Bertz CT molecular complexity index is 512. The molecule has 1 aromatic rings. The highest BCUT2D eigenvalue weighted by atomic mass is 32.2. The van der Waals surface area contributed by atoms with Gasteiger partial charge in [0, 0.05) is 12.6 Å². The van der Waals surface area contributed by atoms with Gasteiger partial charge in [-0.25, -0.2) is 8.42 Å². The van der Waals surface area contributed by atoms with E-state index in [1.54, 1.807) is 31.3 Å². The molecule has 0 radical (unpaired) electrons. The number of hydrogen-bond acceptors (Lipinski definition) is 4. The van der Waals surface area contributed by atoms with Crippen molar-refractivity contribution < 1.29 is 8.42 Å². The van der Waals surface area contributed by atoms with Crippen LogP contribution in [0.2, 0.25) is 0 Å². The summed E-state index contributed by atoms with van der Waals surface area (Å²) in [6.07, 6.45) is 0.723. The minimum absolute atomic E-state index is 0.191. The van der Waals surface area contributed by atoms with E-state index in [4.69, 9.17) is 5.84 Å².